The maximum absolute atomic E-state index is 11.2. The molecule has 0 fully saturated rings. The Balaban J connectivity index is 2.24. The topological polar surface area (TPSA) is 98.7 Å². The van der Waals surface area contributed by atoms with Crippen LogP contribution in [0.3, 0.4) is 0 Å². The maximum Gasteiger partial charge on any atom is 0.334 e. The van der Waals surface area contributed by atoms with Crippen LogP contribution in [0.5, 0.6) is 0 Å². The molecule has 1 rings (SSSR count). The molecule has 0 aromatic carbocycles. The summed E-state index contributed by atoms with van der Waals surface area (Å²) in [5.74, 6) is -1.37. The molecule has 1 aromatic rings. The van der Waals surface area contributed by atoms with Gasteiger partial charge in [0.2, 0.25) is 0 Å². The molecule has 1 heterocycles. The van der Waals surface area contributed by atoms with Crippen molar-refractivity contribution in [1.82, 2.24) is 10.6 Å². The average Bonchev–Trinajstić information content (AvgIpc) is 2.69. The summed E-state index contributed by atoms with van der Waals surface area (Å²) in [4.78, 5) is 22.4. The number of aliphatic hydroxyl groups excluding tert-OH is 1. The minimum absolute atomic E-state index is 0.324. The molecule has 0 aliphatic carbocycles. The van der Waals surface area contributed by atoms with E-state index in [-0.39, 0.29) is 6.54 Å². The average molecular weight is 323 g/mol. The molecule has 17 heavy (non-hydrogen) atoms. The third-order valence-electron chi connectivity index (χ3n) is 1.79. The number of thiophene rings is 1. The minimum atomic E-state index is -1.59. The summed E-state index contributed by atoms with van der Waals surface area (Å²) in [7, 11) is 0. The molecule has 0 unspecified atom stereocenters. The number of amides is 2. The highest BCUT2D eigenvalue weighted by molar-refractivity contribution is 9.10. The van der Waals surface area contributed by atoms with Gasteiger partial charge in [0.05, 0.1) is 13.1 Å². The third kappa shape index (κ3) is 5.16. The molecule has 0 bridgehead atoms. The number of carboxylic acid groups (broad SMARTS) is 1. The largest absolute Gasteiger partial charge is 0.479 e. The summed E-state index contributed by atoms with van der Waals surface area (Å²) >= 11 is 4.78. The highest BCUT2D eigenvalue weighted by Gasteiger charge is 2.13. The second-order valence-electron chi connectivity index (χ2n) is 3.15. The zero-order valence-corrected chi connectivity index (χ0v) is 11.0. The zero-order valence-electron chi connectivity index (χ0n) is 8.64. The highest BCUT2D eigenvalue weighted by Crippen LogP contribution is 2.19. The third-order valence-corrected chi connectivity index (χ3v) is 3.48. The van der Waals surface area contributed by atoms with Crippen LogP contribution in [-0.2, 0) is 11.3 Å². The summed E-state index contributed by atoms with van der Waals surface area (Å²) < 4.78 is 0.945. The Kier molecular flexibility index (Phi) is 5.39. The van der Waals surface area contributed by atoms with Gasteiger partial charge in [-0.3, -0.25) is 0 Å². The van der Waals surface area contributed by atoms with Gasteiger partial charge in [0.15, 0.2) is 6.10 Å². The fraction of sp³-hybridized carbons (Fsp3) is 0.333. The number of hydrogen-bond donors (Lipinski definition) is 4. The van der Waals surface area contributed by atoms with Crippen molar-refractivity contribution in [3.05, 3.63) is 20.8 Å². The molecule has 6 nitrogen and oxygen atoms in total. The predicted molar refractivity (Wildman–Crippen MR) is 65.9 cm³/mol. The molecule has 0 saturated carbocycles. The van der Waals surface area contributed by atoms with Crippen LogP contribution >= 0.6 is 27.3 Å². The SMILES string of the molecule is O=C(NCc1cc(Br)cs1)NC[C@H](O)C(=O)O. The molecule has 8 heteroatoms. The standard InChI is InChI=1S/C9H11BrN2O4S/c10-5-1-6(17-4-5)2-11-9(16)12-3-7(13)8(14)15/h1,4,7,13H,2-3H2,(H,14,15)(H2,11,12,16)/t7-/m0/s1. The highest BCUT2D eigenvalue weighted by atomic mass is 79.9. The van der Waals surface area contributed by atoms with E-state index in [2.05, 4.69) is 26.6 Å². The molecular formula is C9H11BrN2O4S. The van der Waals surface area contributed by atoms with E-state index in [1.807, 2.05) is 11.4 Å². The quantitative estimate of drug-likeness (QED) is 0.643. The molecule has 0 aliphatic rings. The Morgan fingerprint density at radius 1 is 1.47 bits per heavy atom. The smallest absolute Gasteiger partial charge is 0.334 e. The number of carbonyl (C=O) groups is 2. The summed E-state index contributed by atoms with van der Waals surface area (Å²) in [5, 5.41) is 24.0. The van der Waals surface area contributed by atoms with Crippen LogP contribution in [-0.4, -0.2) is 34.9 Å². The van der Waals surface area contributed by atoms with Gasteiger partial charge in [0.1, 0.15) is 0 Å². The molecule has 0 radical (unpaired) electrons. The lowest BCUT2D eigenvalue weighted by atomic mass is 10.4. The number of aliphatic hydroxyl groups is 1. The number of aliphatic carboxylic acids is 1. The number of urea groups is 1. The molecule has 2 amide bonds. The fourth-order valence-electron chi connectivity index (χ4n) is 0.953. The second kappa shape index (κ2) is 6.58. The van der Waals surface area contributed by atoms with Crippen molar-refractivity contribution in [3.8, 4) is 0 Å². The van der Waals surface area contributed by atoms with E-state index in [9.17, 15) is 9.59 Å². The number of rotatable bonds is 5. The number of hydrogen-bond acceptors (Lipinski definition) is 4. The van der Waals surface area contributed by atoms with Gasteiger partial charge in [0.25, 0.3) is 0 Å². The first-order valence-electron chi connectivity index (χ1n) is 4.64. The first kappa shape index (κ1) is 13.9. The Morgan fingerprint density at radius 2 is 2.18 bits per heavy atom. The van der Waals surface area contributed by atoms with E-state index < -0.39 is 18.1 Å². The summed E-state index contributed by atoms with van der Waals surface area (Å²) in [6.07, 6.45) is -1.59. The first-order chi connectivity index (χ1) is 7.99. The normalized spacial score (nSPS) is 11.9. The predicted octanol–water partition coefficient (Wildman–Crippen LogP) is 0.755. The molecule has 0 aliphatic heterocycles. The van der Waals surface area contributed by atoms with Gasteiger partial charge in [-0.25, -0.2) is 9.59 Å². The van der Waals surface area contributed by atoms with E-state index in [0.29, 0.717) is 6.54 Å². The van der Waals surface area contributed by atoms with Crippen molar-refractivity contribution >= 4 is 39.3 Å². The van der Waals surface area contributed by atoms with Gasteiger partial charge in [-0.15, -0.1) is 11.3 Å². The van der Waals surface area contributed by atoms with Gasteiger partial charge in [0, 0.05) is 14.7 Å². The van der Waals surface area contributed by atoms with Gasteiger partial charge in [-0.1, -0.05) is 0 Å². The summed E-state index contributed by atoms with van der Waals surface area (Å²) in [5.41, 5.74) is 0. The van der Waals surface area contributed by atoms with E-state index in [0.717, 1.165) is 9.35 Å². The Bertz CT molecular complexity index is 409. The van der Waals surface area contributed by atoms with Crippen LogP contribution in [0, 0.1) is 0 Å². The number of halogens is 1. The number of nitrogens with one attached hydrogen (secondary N) is 2. The molecule has 4 N–H and O–H groups in total. The summed E-state index contributed by atoms with van der Waals surface area (Å²) in [6.45, 7) is 0.0283. The number of carboxylic acids is 1. The van der Waals surface area contributed by atoms with E-state index in [1.54, 1.807) is 0 Å². The van der Waals surface area contributed by atoms with Crippen LogP contribution in [0.2, 0.25) is 0 Å². The molecular weight excluding hydrogens is 312 g/mol. The van der Waals surface area contributed by atoms with Gasteiger partial charge >= 0.3 is 12.0 Å². The minimum Gasteiger partial charge on any atom is -0.479 e. The maximum atomic E-state index is 11.2. The molecule has 0 spiro atoms. The van der Waals surface area contributed by atoms with Gasteiger partial charge in [-0.2, -0.15) is 0 Å². The molecule has 94 valence electrons. The van der Waals surface area contributed by atoms with E-state index in [1.165, 1.54) is 11.3 Å². The lowest BCUT2D eigenvalue weighted by Crippen LogP contribution is -2.41. The van der Waals surface area contributed by atoms with Crippen molar-refractivity contribution < 1.29 is 19.8 Å². The Hall–Kier alpha value is -1.12. The van der Waals surface area contributed by atoms with Gasteiger partial charge < -0.3 is 20.8 Å². The molecule has 0 saturated heterocycles. The zero-order chi connectivity index (χ0) is 12.8. The Morgan fingerprint density at radius 3 is 2.71 bits per heavy atom. The van der Waals surface area contributed by atoms with Crippen molar-refractivity contribution in [1.29, 1.82) is 0 Å². The van der Waals surface area contributed by atoms with Gasteiger partial charge in [-0.05, 0) is 22.0 Å². The lowest BCUT2D eigenvalue weighted by Gasteiger charge is -2.08. The van der Waals surface area contributed by atoms with Crippen LogP contribution in [0.15, 0.2) is 15.9 Å². The number of carbonyl (C=O) groups excluding carboxylic acids is 1. The lowest BCUT2D eigenvalue weighted by molar-refractivity contribution is -0.146. The Labute approximate surface area is 110 Å². The van der Waals surface area contributed by atoms with E-state index in [4.69, 9.17) is 10.2 Å². The van der Waals surface area contributed by atoms with Crippen molar-refractivity contribution in [2.24, 2.45) is 0 Å². The van der Waals surface area contributed by atoms with Crippen LogP contribution in [0.1, 0.15) is 4.88 Å². The summed E-state index contributed by atoms with van der Waals surface area (Å²) in [6, 6.07) is 1.35. The van der Waals surface area contributed by atoms with Crippen molar-refractivity contribution in [2.45, 2.75) is 12.6 Å². The monoisotopic (exact) mass is 322 g/mol. The van der Waals surface area contributed by atoms with E-state index >= 15 is 0 Å². The van der Waals surface area contributed by atoms with Crippen molar-refractivity contribution in [3.63, 3.8) is 0 Å². The van der Waals surface area contributed by atoms with Crippen LogP contribution < -0.4 is 10.6 Å². The van der Waals surface area contributed by atoms with Crippen LogP contribution in [0.4, 0.5) is 4.79 Å². The fourth-order valence-corrected chi connectivity index (χ4v) is 2.34. The van der Waals surface area contributed by atoms with Crippen molar-refractivity contribution in [2.75, 3.05) is 6.54 Å². The first-order valence-corrected chi connectivity index (χ1v) is 6.32. The second-order valence-corrected chi connectivity index (χ2v) is 5.06. The molecule has 1 atom stereocenters. The molecule has 1 aromatic heterocycles. The van der Waals surface area contributed by atoms with Crippen LogP contribution in [0.25, 0.3) is 0 Å².